The van der Waals surface area contributed by atoms with Gasteiger partial charge in [0.2, 0.25) is 5.91 Å². The maximum atomic E-state index is 13.0. The van der Waals surface area contributed by atoms with Crippen molar-refractivity contribution in [3.05, 3.63) is 54.1 Å². The normalized spacial score (nSPS) is 18.7. The molecule has 1 atom stereocenters. The fourth-order valence-corrected chi connectivity index (χ4v) is 4.40. The van der Waals surface area contributed by atoms with Crippen molar-refractivity contribution < 1.29 is 31.6 Å². The van der Waals surface area contributed by atoms with Gasteiger partial charge in [0.25, 0.3) is 11.7 Å². The Morgan fingerprint density at radius 1 is 1.16 bits per heavy atom. The summed E-state index contributed by atoms with van der Waals surface area (Å²) in [5, 5.41) is 4.96. The van der Waals surface area contributed by atoms with Crippen LogP contribution in [0, 0.1) is 0 Å². The summed E-state index contributed by atoms with van der Waals surface area (Å²) in [6.45, 7) is 0.810. The smallest absolute Gasteiger partial charge is 0.324 e. The highest BCUT2D eigenvalue weighted by Crippen LogP contribution is 2.32. The summed E-state index contributed by atoms with van der Waals surface area (Å²) >= 11 is 0.260. The SMILES string of the molecule is CC1(c2ccc(S(C)(=O)=O)cc2)NC(=O)N(CC(=O)Nc2ccccc2SC(F)F)C1=O. The first-order valence-electron chi connectivity index (χ1n) is 9.20. The standard InChI is InChI=1S/C20H19F2N3O5S2/c1-20(12-7-9-13(10-8-12)32(2,29)30)17(27)25(19(28)24-20)11-16(26)23-14-5-3-4-6-15(14)31-18(21)22/h3-10,18H,11H2,1-2H3,(H,23,26)(H,24,28). The second kappa shape index (κ2) is 8.87. The van der Waals surface area contributed by atoms with Crippen LogP contribution < -0.4 is 10.6 Å². The molecule has 1 unspecified atom stereocenters. The van der Waals surface area contributed by atoms with Gasteiger partial charge < -0.3 is 10.6 Å². The number of sulfone groups is 1. The molecule has 0 radical (unpaired) electrons. The molecule has 2 aromatic rings. The molecule has 8 nitrogen and oxygen atoms in total. The van der Waals surface area contributed by atoms with Crippen molar-refractivity contribution in [2.24, 2.45) is 0 Å². The van der Waals surface area contributed by atoms with E-state index in [0.29, 0.717) is 10.5 Å². The van der Waals surface area contributed by atoms with Crippen LogP contribution in [0.5, 0.6) is 0 Å². The lowest BCUT2D eigenvalue weighted by molar-refractivity contribution is -0.133. The first-order valence-corrected chi connectivity index (χ1v) is 12.0. The largest absolute Gasteiger partial charge is 0.325 e. The van der Waals surface area contributed by atoms with E-state index in [9.17, 15) is 31.6 Å². The number of para-hydroxylation sites is 1. The molecular formula is C20H19F2N3O5S2. The summed E-state index contributed by atoms with van der Waals surface area (Å²) in [5.41, 5.74) is -1.03. The maximum absolute atomic E-state index is 13.0. The molecule has 32 heavy (non-hydrogen) atoms. The zero-order valence-corrected chi connectivity index (χ0v) is 18.6. The van der Waals surface area contributed by atoms with E-state index >= 15 is 0 Å². The molecule has 2 N–H and O–H groups in total. The van der Waals surface area contributed by atoms with E-state index in [1.165, 1.54) is 49.4 Å². The Morgan fingerprint density at radius 2 is 1.78 bits per heavy atom. The summed E-state index contributed by atoms with van der Waals surface area (Å²) in [5.74, 6) is -4.14. The van der Waals surface area contributed by atoms with Crippen LogP contribution in [0.3, 0.4) is 0 Å². The van der Waals surface area contributed by atoms with Crippen molar-refractivity contribution in [1.82, 2.24) is 10.2 Å². The molecule has 4 amide bonds. The highest BCUT2D eigenvalue weighted by molar-refractivity contribution is 7.99. The average Bonchev–Trinajstić information content (AvgIpc) is 2.92. The van der Waals surface area contributed by atoms with E-state index in [2.05, 4.69) is 10.6 Å². The lowest BCUT2D eigenvalue weighted by atomic mass is 9.92. The third-order valence-electron chi connectivity index (χ3n) is 4.81. The number of thioether (sulfide) groups is 1. The van der Waals surface area contributed by atoms with Gasteiger partial charge in [-0.3, -0.25) is 14.5 Å². The molecule has 1 aliphatic heterocycles. The number of urea groups is 1. The molecule has 1 saturated heterocycles. The Labute approximate surface area is 187 Å². The van der Waals surface area contributed by atoms with Crippen LogP contribution in [0.15, 0.2) is 58.3 Å². The molecular weight excluding hydrogens is 464 g/mol. The quantitative estimate of drug-likeness (QED) is 0.463. The van der Waals surface area contributed by atoms with Gasteiger partial charge in [0.1, 0.15) is 12.1 Å². The molecule has 0 saturated carbocycles. The predicted octanol–water partition coefficient (Wildman–Crippen LogP) is 2.81. The van der Waals surface area contributed by atoms with Crippen LogP contribution >= 0.6 is 11.8 Å². The van der Waals surface area contributed by atoms with Crippen molar-refractivity contribution in [3.63, 3.8) is 0 Å². The molecule has 0 aliphatic carbocycles. The summed E-state index contributed by atoms with van der Waals surface area (Å²) in [6, 6.07) is 10.6. The van der Waals surface area contributed by atoms with Crippen molar-refractivity contribution in [2.75, 3.05) is 18.1 Å². The number of alkyl halides is 2. The molecule has 0 aromatic heterocycles. The zero-order valence-electron chi connectivity index (χ0n) is 17.0. The van der Waals surface area contributed by atoms with Crippen LogP contribution in [0.4, 0.5) is 19.3 Å². The van der Waals surface area contributed by atoms with Gasteiger partial charge in [-0.2, -0.15) is 8.78 Å². The Kier molecular flexibility index (Phi) is 6.56. The summed E-state index contributed by atoms with van der Waals surface area (Å²) in [6.07, 6.45) is 1.05. The molecule has 12 heteroatoms. The number of rotatable bonds is 7. The maximum Gasteiger partial charge on any atom is 0.325 e. The van der Waals surface area contributed by atoms with E-state index in [1.54, 1.807) is 6.07 Å². The van der Waals surface area contributed by atoms with Gasteiger partial charge in [0, 0.05) is 11.2 Å². The van der Waals surface area contributed by atoms with Gasteiger partial charge in [-0.25, -0.2) is 13.2 Å². The number of carbonyl (C=O) groups excluding carboxylic acids is 3. The topological polar surface area (TPSA) is 113 Å². The number of hydrogen-bond donors (Lipinski definition) is 2. The zero-order chi connectivity index (χ0) is 23.7. The van der Waals surface area contributed by atoms with Gasteiger partial charge in [0.15, 0.2) is 9.84 Å². The number of benzene rings is 2. The fraction of sp³-hybridized carbons (Fsp3) is 0.250. The Balaban J connectivity index is 1.76. The second-order valence-electron chi connectivity index (χ2n) is 7.17. The third kappa shape index (κ3) is 4.91. The van der Waals surface area contributed by atoms with E-state index in [4.69, 9.17) is 0 Å². The summed E-state index contributed by atoms with van der Waals surface area (Å²) in [4.78, 5) is 38.7. The minimum absolute atomic E-state index is 0.0539. The van der Waals surface area contributed by atoms with Crippen molar-refractivity contribution in [3.8, 4) is 0 Å². The van der Waals surface area contributed by atoms with Crippen LogP contribution in [0.1, 0.15) is 12.5 Å². The number of nitrogens with zero attached hydrogens (tertiary/aromatic N) is 1. The molecule has 1 fully saturated rings. The lowest BCUT2D eigenvalue weighted by Gasteiger charge is -2.22. The number of amides is 4. The first kappa shape index (κ1) is 23.7. The number of imide groups is 1. The number of halogens is 2. The second-order valence-corrected chi connectivity index (χ2v) is 10.2. The van der Waals surface area contributed by atoms with Gasteiger partial charge >= 0.3 is 6.03 Å². The highest BCUT2D eigenvalue weighted by Gasteiger charge is 2.49. The van der Waals surface area contributed by atoms with E-state index in [-0.39, 0.29) is 27.2 Å². The Hall–Kier alpha value is -2.99. The van der Waals surface area contributed by atoms with Crippen molar-refractivity contribution in [2.45, 2.75) is 28.0 Å². The first-order chi connectivity index (χ1) is 14.9. The van der Waals surface area contributed by atoms with Gasteiger partial charge in [-0.1, -0.05) is 36.0 Å². The molecule has 170 valence electrons. The van der Waals surface area contributed by atoms with Crippen LogP contribution in [-0.4, -0.2) is 49.7 Å². The van der Waals surface area contributed by atoms with Crippen LogP contribution in [0.2, 0.25) is 0 Å². The molecule has 0 spiro atoms. The monoisotopic (exact) mass is 483 g/mol. The third-order valence-corrected chi connectivity index (χ3v) is 6.73. The number of hydrogen-bond acceptors (Lipinski definition) is 6. The molecule has 1 aliphatic rings. The van der Waals surface area contributed by atoms with Crippen LogP contribution in [0.25, 0.3) is 0 Å². The minimum atomic E-state index is -3.44. The van der Waals surface area contributed by atoms with E-state index < -0.39 is 45.5 Å². The average molecular weight is 484 g/mol. The molecule has 1 heterocycles. The lowest BCUT2D eigenvalue weighted by Crippen LogP contribution is -2.42. The Morgan fingerprint density at radius 3 is 2.38 bits per heavy atom. The Bertz CT molecular complexity index is 1170. The van der Waals surface area contributed by atoms with E-state index in [1.807, 2.05) is 0 Å². The van der Waals surface area contributed by atoms with Gasteiger partial charge in [-0.05, 0) is 36.8 Å². The predicted molar refractivity (Wildman–Crippen MR) is 114 cm³/mol. The molecule has 3 rings (SSSR count). The van der Waals surface area contributed by atoms with Gasteiger partial charge in [0.05, 0.1) is 10.6 Å². The summed E-state index contributed by atoms with van der Waals surface area (Å²) < 4.78 is 48.7. The van der Waals surface area contributed by atoms with E-state index in [0.717, 1.165) is 6.26 Å². The minimum Gasteiger partial charge on any atom is -0.324 e. The van der Waals surface area contributed by atoms with Crippen LogP contribution in [-0.2, 0) is 25.0 Å². The summed E-state index contributed by atoms with van der Waals surface area (Å²) in [7, 11) is -3.44. The van der Waals surface area contributed by atoms with Crippen molar-refractivity contribution >= 4 is 45.1 Å². The number of nitrogens with one attached hydrogen (secondary N) is 2. The fourth-order valence-electron chi connectivity index (χ4n) is 3.17. The highest BCUT2D eigenvalue weighted by atomic mass is 32.2. The van der Waals surface area contributed by atoms with Crippen molar-refractivity contribution in [1.29, 1.82) is 0 Å². The molecule has 0 bridgehead atoms. The number of anilines is 1. The molecule has 2 aromatic carbocycles. The number of carbonyl (C=O) groups is 3. The van der Waals surface area contributed by atoms with Gasteiger partial charge in [-0.15, -0.1) is 0 Å².